The van der Waals surface area contributed by atoms with E-state index in [1.807, 2.05) is 6.07 Å². The number of carbonyl (C=O) groups is 4. The van der Waals surface area contributed by atoms with Gasteiger partial charge in [0.25, 0.3) is 11.8 Å². The minimum absolute atomic E-state index is 0.114. The molecule has 0 aliphatic carbocycles. The van der Waals surface area contributed by atoms with Crippen LogP contribution >= 0.6 is 0 Å². The minimum Gasteiger partial charge on any atom is -0.417 e. The first-order valence-electron chi connectivity index (χ1n) is 10.4. The van der Waals surface area contributed by atoms with E-state index in [-0.39, 0.29) is 23.8 Å². The zero-order valence-electron chi connectivity index (χ0n) is 18.3. The van der Waals surface area contributed by atoms with E-state index in [1.54, 1.807) is 12.1 Å². The maximum atomic E-state index is 12.9. The summed E-state index contributed by atoms with van der Waals surface area (Å²) in [4.78, 5) is 50.1. The zero-order valence-corrected chi connectivity index (χ0v) is 19.3. The molecule has 1 fully saturated rings. The molecular weight excluding hydrogens is 400 g/mol. The number of nitrogens with one attached hydrogen (secondary N) is 1. The highest BCUT2D eigenvalue weighted by molar-refractivity contribution is 6.74. The third-order valence-corrected chi connectivity index (χ3v) is 10.9. The van der Waals surface area contributed by atoms with Crippen LogP contribution in [-0.4, -0.2) is 49.5 Å². The van der Waals surface area contributed by atoms with Crippen molar-refractivity contribution < 1.29 is 23.6 Å². The number of hydrogen-bond acceptors (Lipinski definition) is 5. The quantitative estimate of drug-likeness (QED) is 0.425. The molecule has 1 atom stereocenters. The highest BCUT2D eigenvalue weighted by Crippen LogP contribution is 2.36. The number of carbonyl (C=O) groups excluding carboxylic acids is 4. The van der Waals surface area contributed by atoms with Gasteiger partial charge in [-0.05, 0) is 55.1 Å². The van der Waals surface area contributed by atoms with Crippen molar-refractivity contribution in [1.82, 2.24) is 10.2 Å². The maximum Gasteiger partial charge on any atom is 0.262 e. The van der Waals surface area contributed by atoms with Gasteiger partial charge in [0.1, 0.15) is 6.04 Å². The second-order valence-electron chi connectivity index (χ2n) is 9.54. The summed E-state index contributed by atoms with van der Waals surface area (Å²) < 4.78 is 6.20. The summed E-state index contributed by atoms with van der Waals surface area (Å²) in [5.74, 6) is -1.92. The Labute approximate surface area is 178 Å². The molecule has 8 heteroatoms. The molecule has 162 valence electrons. The van der Waals surface area contributed by atoms with Crippen LogP contribution in [0.1, 0.15) is 66.3 Å². The van der Waals surface area contributed by atoms with Gasteiger partial charge in [-0.15, -0.1) is 0 Å². The lowest BCUT2D eigenvalue weighted by atomic mass is 10.0. The van der Waals surface area contributed by atoms with Gasteiger partial charge in [-0.25, -0.2) is 0 Å². The number of imide groups is 2. The number of aryl methyl sites for hydroxylation is 1. The van der Waals surface area contributed by atoms with Crippen LogP contribution in [0.2, 0.25) is 18.1 Å². The van der Waals surface area contributed by atoms with E-state index < -0.39 is 32.1 Å². The Kier molecular flexibility index (Phi) is 6.02. The van der Waals surface area contributed by atoms with Gasteiger partial charge in [-0.3, -0.25) is 29.4 Å². The topological polar surface area (TPSA) is 92.8 Å². The Morgan fingerprint density at radius 1 is 1.10 bits per heavy atom. The van der Waals surface area contributed by atoms with E-state index in [0.29, 0.717) is 17.7 Å². The molecule has 0 aromatic heterocycles. The van der Waals surface area contributed by atoms with Gasteiger partial charge in [0.15, 0.2) is 8.32 Å². The number of benzene rings is 1. The molecule has 1 saturated heterocycles. The maximum absolute atomic E-state index is 12.9. The van der Waals surface area contributed by atoms with Gasteiger partial charge < -0.3 is 4.43 Å². The van der Waals surface area contributed by atoms with Crippen LogP contribution in [0.5, 0.6) is 0 Å². The van der Waals surface area contributed by atoms with E-state index in [0.717, 1.165) is 23.3 Å². The molecular formula is C22H30N2O5Si. The fraction of sp³-hybridized carbons (Fsp3) is 0.545. The summed E-state index contributed by atoms with van der Waals surface area (Å²) in [6, 6.07) is 4.32. The summed E-state index contributed by atoms with van der Waals surface area (Å²) >= 11 is 0. The zero-order chi connectivity index (χ0) is 22.3. The SMILES string of the molecule is CC(C)(C)[Si](C)(C)OCCCc1ccc2c(c1)C(=O)N(C1CCC(=O)NC1=O)C2=O. The summed E-state index contributed by atoms with van der Waals surface area (Å²) in [5, 5.41) is 2.37. The third kappa shape index (κ3) is 4.25. The number of rotatable bonds is 6. The van der Waals surface area contributed by atoms with E-state index in [4.69, 9.17) is 4.43 Å². The molecule has 1 unspecified atom stereocenters. The molecule has 1 N–H and O–H groups in total. The van der Waals surface area contributed by atoms with Crippen LogP contribution in [0.4, 0.5) is 0 Å². The standard InChI is InChI=1S/C22H30N2O5Si/c1-22(2,3)30(4,5)29-12-6-7-14-8-9-15-16(13-14)21(28)24(20(15)27)17-10-11-18(25)23-19(17)26/h8-9,13,17H,6-7,10-12H2,1-5H3,(H,23,25,26). The highest BCUT2D eigenvalue weighted by Gasteiger charge is 2.44. The van der Waals surface area contributed by atoms with Crippen LogP contribution in [0, 0.1) is 0 Å². The molecule has 2 aliphatic rings. The number of piperidine rings is 1. The van der Waals surface area contributed by atoms with Gasteiger partial charge in [0.2, 0.25) is 11.8 Å². The Morgan fingerprint density at radius 3 is 2.40 bits per heavy atom. The van der Waals surface area contributed by atoms with E-state index in [2.05, 4.69) is 39.2 Å². The molecule has 4 amide bonds. The molecule has 0 saturated carbocycles. The fourth-order valence-corrected chi connectivity index (χ4v) is 4.58. The Bertz CT molecular complexity index is 903. The number of nitrogens with zero attached hydrogens (tertiary/aromatic N) is 1. The predicted molar refractivity (Wildman–Crippen MR) is 115 cm³/mol. The second kappa shape index (κ2) is 8.07. The summed E-state index contributed by atoms with van der Waals surface area (Å²) in [7, 11) is -1.79. The fourth-order valence-electron chi connectivity index (χ4n) is 3.49. The van der Waals surface area contributed by atoms with Crippen molar-refractivity contribution in [2.45, 2.75) is 70.6 Å². The molecule has 0 bridgehead atoms. The van der Waals surface area contributed by atoms with Crippen molar-refractivity contribution >= 4 is 31.9 Å². The molecule has 3 rings (SSSR count). The molecule has 1 aromatic carbocycles. The Morgan fingerprint density at radius 2 is 1.77 bits per heavy atom. The minimum atomic E-state index is -1.79. The van der Waals surface area contributed by atoms with Crippen molar-refractivity contribution in [2.75, 3.05) is 6.61 Å². The van der Waals surface area contributed by atoms with Crippen molar-refractivity contribution in [1.29, 1.82) is 0 Å². The first-order chi connectivity index (χ1) is 13.9. The third-order valence-electron chi connectivity index (χ3n) is 6.38. The van der Waals surface area contributed by atoms with Crippen molar-refractivity contribution in [3.05, 3.63) is 34.9 Å². The van der Waals surface area contributed by atoms with Gasteiger partial charge >= 0.3 is 0 Å². The summed E-state index contributed by atoms with van der Waals surface area (Å²) in [5.41, 5.74) is 1.59. The smallest absolute Gasteiger partial charge is 0.262 e. The molecule has 1 aromatic rings. The number of fused-ring (bicyclic) bond motifs is 1. The van der Waals surface area contributed by atoms with Gasteiger partial charge in [-0.2, -0.15) is 0 Å². The van der Waals surface area contributed by atoms with Gasteiger partial charge in [0, 0.05) is 13.0 Å². The van der Waals surface area contributed by atoms with Crippen molar-refractivity contribution in [2.24, 2.45) is 0 Å². The van der Waals surface area contributed by atoms with Crippen LogP contribution in [0.25, 0.3) is 0 Å². The molecule has 30 heavy (non-hydrogen) atoms. The molecule has 2 heterocycles. The van der Waals surface area contributed by atoms with Crippen LogP contribution in [0.15, 0.2) is 18.2 Å². The average molecular weight is 431 g/mol. The second-order valence-corrected chi connectivity index (χ2v) is 14.3. The number of amides is 4. The molecule has 0 radical (unpaired) electrons. The summed E-state index contributed by atoms with van der Waals surface area (Å²) in [6.07, 6.45) is 1.84. The predicted octanol–water partition coefficient (Wildman–Crippen LogP) is 3.04. The normalized spacial score (nSPS) is 19.9. The Hall–Kier alpha value is -2.32. The largest absolute Gasteiger partial charge is 0.417 e. The van der Waals surface area contributed by atoms with E-state index in [9.17, 15) is 19.2 Å². The van der Waals surface area contributed by atoms with E-state index >= 15 is 0 Å². The lowest BCUT2D eigenvalue weighted by molar-refractivity contribution is -0.136. The first-order valence-corrected chi connectivity index (χ1v) is 13.3. The van der Waals surface area contributed by atoms with Crippen molar-refractivity contribution in [3.63, 3.8) is 0 Å². The lowest BCUT2D eigenvalue weighted by Gasteiger charge is -2.36. The van der Waals surface area contributed by atoms with Gasteiger partial charge in [0.05, 0.1) is 11.1 Å². The monoisotopic (exact) mass is 430 g/mol. The average Bonchev–Trinajstić information content (AvgIpc) is 2.89. The van der Waals surface area contributed by atoms with Crippen LogP contribution < -0.4 is 5.32 Å². The highest BCUT2D eigenvalue weighted by atomic mass is 28.4. The van der Waals surface area contributed by atoms with Crippen LogP contribution in [0.3, 0.4) is 0 Å². The van der Waals surface area contributed by atoms with Crippen LogP contribution in [-0.2, 0) is 20.4 Å². The number of hydrogen-bond donors (Lipinski definition) is 1. The summed E-state index contributed by atoms with van der Waals surface area (Å²) in [6.45, 7) is 11.7. The lowest BCUT2D eigenvalue weighted by Crippen LogP contribution is -2.54. The van der Waals surface area contributed by atoms with E-state index in [1.165, 1.54) is 0 Å². The molecule has 2 aliphatic heterocycles. The first kappa shape index (κ1) is 22.4. The molecule has 0 spiro atoms. The van der Waals surface area contributed by atoms with Crippen molar-refractivity contribution in [3.8, 4) is 0 Å². The molecule has 7 nitrogen and oxygen atoms in total. The Balaban J connectivity index is 1.66. The van der Waals surface area contributed by atoms with Gasteiger partial charge in [-0.1, -0.05) is 26.8 Å².